The van der Waals surface area contributed by atoms with E-state index >= 15 is 0 Å². The summed E-state index contributed by atoms with van der Waals surface area (Å²) in [6.07, 6.45) is 0. The van der Waals surface area contributed by atoms with Gasteiger partial charge < -0.3 is 4.90 Å². The first kappa shape index (κ1) is 28.8. The highest BCUT2D eigenvalue weighted by atomic mass is 15.1. The van der Waals surface area contributed by atoms with Crippen molar-refractivity contribution in [2.45, 2.75) is 19.3 Å². The molecular weight excluding hydrogens is 603 g/mol. The summed E-state index contributed by atoms with van der Waals surface area (Å²) in [5.41, 5.74) is 11.2. The Morgan fingerprint density at radius 3 is 1.44 bits per heavy atom. The third-order valence-electron chi connectivity index (χ3n) is 11.0. The fraction of sp³-hybridized carbons (Fsp3) is 0.0612. The molecule has 1 aliphatic rings. The predicted molar refractivity (Wildman–Crippen MR) is 214 cm³/mol. The molecule has 50 heavy (non-hydrogen) atoms. The van der Waals surface area contributed by atoms with E-state index in [0.29, 0.717) is 0 Å². The summed E-state index contributed by atoms with van der Waals surface area (Å²) in [4.78, 5) is 2.48. The van der Waals surface area contributed by atoms with E-state index in [0.717, 1.165) is 11.4 Å². The van der Waals surface area contributed by atoms with Crippen molar-refractivity contribution >= 4 is 60.2 Å². The van der Waals surface area contributed by atoms with Crippen LogP contribution in [0.2, 0.25) is 0 Å². The maximum absolute atomic E-state index is 2.48. The number of hydrogen-bond donors (Lipinski definition) is 0. The topological polar surface area (TPSA) is 3.24 Å². The van der Waals surface area contributed by atoms with Crippen LogP contribution in [0.1, 0.15) is 25.0 Å². The number of anilines is 3. The summed E-state index contributed by atoms with van der Waals surface area (Å²) in [5.74, 6) is 0. The van der Waals surface area contributed by atoms with Crippen LogP contribution in [0.4, 0.5) is 17.1 Å². The van der Waals surface area contributed by atoms with Crippen LogP contribution in [0.25, 0.3) is 65.3 Å². The Bertz CT molecular complexity index is 2700. The van der Waals surface area contributed by atoms with Crippen LogP contribution in [-0.4, -0.2) is 0 Å². The molecule has 9 aromatic carbocycles. The lowest BCUT2D eigenvalue weighted by Gasteiger charge is -2.32. The van der Waals surface area contributed by atoms with Gasteiger partial charge in [0.05, 0.1) is 5.69 Å². The molecule has 10 rings (SSSR count). The average Bonchev–Trinajstić information content (AvgIpc) is 3.42. The van der Waals surface area contributed by atoms with Gasteiger partial charge in [0, 0.05) is 27.7 Å². The van der Waals surface area contributed by atoms with Crippen LogP contribution < -0.4 is 4.90 Å². The first-order valence-corrected chi connectivity index (χ1v) is 17.5. The van der Waals surface area contributed by atoms with Gasteiger partial charge in [0.1, 0.15) is 0 Å². The number of para-hydroxylation sites is 2. The second kappa shape index (κ2) is 10.9. The molecule has 1 nitrogen and oxygen atoms in total. The molecule has 0 aromatic heterocycles. The average molecular weight is 638 g/mol. The molecule has 0 bridgehead atoms. The van der Waals surface area contributed by atoms with Crippen molar-refractivity contribution in [2.75, 3.05) is 4.90 Å². The Labute approximate surface area is 292 Å². The van der Waals surface area contributed by atoms with Crippen LogP contribution in [0.3, 0.4) is 0 Å². The van der Waals surface area contributed by atoms with E-state index in [-0.39, 0.29) is 5.41 Å². The van der Waals surface area contributed by atoms with E-state index in [9.17, 15) is 0 Å². The summed E-state index contributed by atoms with van der Waals surface area (Å²) in [5, 5.41) is 10.3. The van der Waals surface area contributed by atoms with Crippen molar-refractivity contribution in [3.05, 3.63) is 187 Å². The summed E-state index contributed by atoms with van der Waals surface area (Å²) in [7, 11) is 0. The van der Waals surface area contributed by atoms with Gasteiger partial charge in [0.15, 0.2) is 0 Å². The molecule has 0 atom stereocenters. The molecule has 9 aromatic rings. The van der Waals surface area contributed by atoms with E-state index in [1.54, 1.807) is 0 Å². The summed E-state index contributed by atoms with van der Waals surface area (Å²) >= 11 is 0. The molecule has 0 saturated heterocycles. The number of nitrogens with zero attached hydrogens (tertiary/aromatic N) is 1. The van der Waals surface area contributed by atoms with Gasteiger partial charge in [-0.05, 0) is 95.9 Å². The molecule has 0 unspecified atom stereocenters. The zero-order chi connectivity index (χ0) is 33.4. The number of fused-ring (bicyclic) bond motifs is 11. The smallest absolute Gasteiger partial charge is 0.0624 e. The van der Waals surface area contributed by atoms with Gasteiger partial charge in [-0.25, -0.2) is 0 Å². The maximum atomic E-state index is 2.48. The molecule has 1 aliphatic carbocycles. The largest absolute Gasteiger partial charge is 0.309 e. The second-order valence-electron chi connectivity index (χ2n) is 14.0. The highest BCUT2D eigenvalue weighted by Gasteiger charge is 2.40. The van der Waals surface area contributed by atoms with Crippen LogP contribution in [0.5, 0.6) is 0 Å². The first-order chi connectivity index (χ1) is 24.6. The van der Waals surface area contributed by atoms with Crippen molar-refractivity contribution in [3.8, 4) is 22.3 Å². The van der Waals surface area contributed by atoms with Gasteiger partial charge in [0.2, 0.25) is 0 Å². The van der Waals surface area contributed by atoms with Crippen molar-refractivity contribution in [2.24, 2.45) is 0 Å². The van der Waals surface area contributed by atoms with E-state index < -0.39 is 0 Å². The Morgan fingerprint density at radius 2 is 0.840 bits per heavy atom. The van der Waals surface area contributed by atoms with Crippen molar-refractivity contribution in [1.29, 1.82) is 0 Å². The zero-order valence-electron chi connectivity index (χ0n) is 28.2. The fourth-order valence-corrected chi connectivity index (χ4v) is 8.86. The van der Waals surface area contributed by atoms with Crippen LogP contribution in [0.15, 0.2) is 176 Å². The quantitative estimate of drug-likeness (QED) is 0.174. The minimum absolute atomic E-state index is 0.178. The Balaban J connectivity index is 1.43. The molecule has 0 fully saturated rings. The first-order valence-electron chi connectivity index (χ1n) is 17.5. The lowest BCUT2D eigenvalue weighted by molar-refractivity contribution is 0.666. The van der Waals surface area contributed by atoms with Gasteiger partial charge in [-0.2, -0.15) is 0 Å². The monoisotopic (exact) mass is 637 g/mol. The van der Waals surface area contributed by atoms with Crippen LogP contribution in [-0.2, 0) is 5.41 Å². The fourth-order valence-electron chi connectivity index (χ4n) is 8.86. The Kier molecular flexibility index (Phi) is 6.29. The molecular formula is C49H35N. The van der Waals surface area contributed by atoms with Gasteiger partial charge in [-0.1, -0.05) is 159 Å². The minimum atomic E-state index is -0.178. The van der Waals surface area contributed by atoms with Crippen molar-refractivity contribution < 1.29 is 0 Å². The third-order valence-corrected chi connectivity index (χ3v) is 11.0. The maximum Gasteiger partial charge on any atom is 0.0624 e. The van der Waals surface area contributed by atoms with E-state index in [1.165, 1.54) is 82.2 Å². The lowest BCUT2D eigenvalue weighted by Crippen LogP contribution is -2.17. The summed E-state index contributed by atoms with van der Waals surface area (Å²) in [6, 6.07) is 64.8. The number of hydrogen-bond acceptors (Lipinski definition) is 1. The van der Waals surface area contributed by atoms with Gasteiger partial charge in [-0.15, -0.1) is 0 Å². The highest BCUT2D eigenvalue weighted by molar-refractivity contribution is 6.26. The lowest BCUT2D eigenvalue weighted by atomic mass is 9.78. The molecule has 0 saturated carbocycles. The molecule has 0 heterocycles. The van der Waals surface area contributed by atoms with Crippen LogP contribution in [0, 0.1) is 0 Å². The van der Waals surface area contributed by atoms with Crippen LogP contribution >= 0.6 is 0 Å². The van der Waals surface area contributed by atoms with Gasteiger partial charge in [0.25, 0.3) is 0 Å². The van der Waals surface area contributed by atoms with Gasteiger partial charge >= 0.3 is 0 Å². The molecule has 0 radical (unpaired) electrons. The van der Waals surface area contributed by atoms with Crippen molar-refractivity contribution in [3.63, 3.8) is 0 Å². The third kappa shape index (κ3) is 4.07. The molecule has 0 N–H and O–H groups in total. The molecule has 236 valence electrons. The minimum Gasteiger partial charge on any atom is -0.309 e. The number of benzene rings is 9. The molecule has 0 amide bonds. The predicted octanol–water partition coefficient (Wildman–Crippen LogP) is 13.7. The molecule has 0 aliphatic heterocycles. The zero-order valence-corrected chi connectivity index (χ0v) is 28.2. The Hall–Kier alpha value is -6.18. The van der Waals surface area contributed by atoms with E-state index in [2.05, 4.69) is 195 Å². The normalized spacial score (nSPS) is 13.2. The highest BCUT2D eigenvalue weighted by Crippen LogP contribution is 2.59. The van der Waals surface area contributed by atoms with Crippen molar-refractivity contribution in [1.82, 2.24) is 0 Å². The molecule has 1 heteroatoms. The SMILES string of the molecule is CC1(C)c2ccccc2-c2c(-c3ccc4c5ccccc5c5ccccc5c4c3)c(N(c3ccccc3)c3ccccc3)c3ccccc3c21. The van der Waals surface area contributed by atoms with Gasteiger partial charge in [-0.3, -0.25) is 0 Å². The van der Waals surface area contributed by atoms with E-state index in [4.69, 9.17) is 0 Å². The number of rotatable bonds is 4. The molecule has 0 spiro atoms. The van der Waals surface area contributed by atoms with E-state index in [1.807, 2.05) is 0 Å². The Morgan fingerprint density at radius 1 is 0.380 bits per heavy atom. The second-order valence-corrected chi connectivity index (χ2v) is 14.0. The summed E-state index contributed by atoms with van der Waals surface area (Å²) in [6.45, 7) is 4.81. The standard InChI is InChI=1S/C49H35N/c1-49(2)44-28-16-15-27-42(44)46-45(32-29-30-39-37-23-10-9-21-35(37)36-22-11-12-24-38(36)43(39)31-32)48(41-26-14-13-25-40(41)47(46)49)50(33-17-5-3-6-18-33)34-19-7-4-8-20-34/h3-31H,1-2H3. The summed E-state index contributed by atoms with van der Waals surface area (Å²) < 4.78 is 0.